The van der Waals surface area contributed by atoms with Crippen LogP contribution in [0, 0.1) is 0 Å². The SMILES string of the molecule is CO[PH](O)(O)OCC1CCC(n2cnc3c(=O)[nH]c(N)nc32)O1. The van der Waals surface area contributed by atoms with Crippen molar-refractivity contribution in [3.63, 3.8) is 0 Å². The van der Waals surface area contributed by atoms with Gasteiger partial charge < -0.3 is 0 Å². The maximum absolute atomic E-state index is 11.8. The Morgan fingerprint density at radius 3 is 3.09 bits per heavy atom. The first-order valence-electron chi connectivity index (χ1n) is 6.91. The van der Waals surface area contributed by atoms with Crippen LogP contribution in [-0.4, -0.2) is 49.1 Å². The third-order valence-electron chi connectivity index (χ3n) is 3.57. The second-order valence-corrected chi connectivity index (χ2v) is 6.92. The van der Waals surface area contributed by atoms with E-state index in [2.05, 4.69) is 19.5 Å². The van der Waals surface area contributed by atoms with Crippen LogP contribution in [0.2, 0.25) is 0 Å². The second-order valence-electron chi connectivity index (χ2n) is 5.13. The predicted molar refractivity (Wildman–Crippen MR) is 81.4 cm³/mol. The number of hydrogen-bond donors (Lipinski definition) is 4. The fourth-order valence-corrected chi connectivity index (χ4v) is 2.95. The van der Waals surface area contributed by atoms with Gasteiger partial charge in [0.05, 0.1) is 0 Å². The third-order valence-corrected chi connectivity index (χ3v) is 4.64. The maximum atomic E-state index is 11.8. The standard InChI is InChI=1S/C11H18N5O6P/c1-20-23(18,19)21-4-6-2-3-7(22-6)16-5-13-8-9(16)14-11(12)15-10(8)17/h5-7,18-19,23H,2-4H2,1H3,(H3,12,14,15,17). The van der Waals surface area contributed by atoms with Crippen molar-refractivity contribution >= 4 is 25.3 Å². The van der Waals surface area contributed by atoms with E-state index in [1.165, 1.54) is 6.33 Å². The van der Waals surface area contributed by atoms with Gasteiger partial charge in [0.15, 0.2) is 0 Å². The Kier molecular flexibility index (Phi) is 4.32. The first kappa shape index (κ1) is 16.2. The number of aromatic nitrogens is 4. The number of ether oxygens (including phenoxy) is 1. The van der Waals surface area contributed by atoms with Crippen molar-refractivity contribution in [3.05, 3.63) is 16.7 Å². The molecule has 0 saturated carbocycles. The number of fused-ring (bicyclic) bond motifs is 1. The molecule has 1 fully saturated rings. The Hall–Kier alpha value is -1.62. The Balaban J connectivity index is 1.73. The number of hydrogen-bond acceptors (Lipinski definition) is 9. The van der Waals surface area contributed by atoms with Gasteiger partial charge in [-0.05, 0) is 0 Å². The number of aromatic amines is 1. The van der Waals surface area contributed by atoms with Gasteiger partial charge >= 0.3 is 130 Å². The van der Waals surface area contributed by atoms with Crippen molar-refractivity contribution in [2.24, 2.45) is 0 Å². The van der Waals surface area contributed by atoms with Crippen molar-refractivity contribution in [1.29, 1.82) is 0 Å². The number of nitrogen functional groups attached to an aromatic ring is 1. The molecule has 0 bridgehead atoms. The van der Waals surface area contributed by atoms with Gasteiger partial charge in [-0.2, -0.15) is 0 Å². The summed E-state index contributed by atoms with van der Waals surface area (Å²) < 4.78 is 16.8. The minimum absolute atomic E-state index is 0.00132. The topological polar surface area (TPSA) is 158 Å². The molecule has 3 rings (SSSR count). The van der Waals surface area contributed by atoms with E-state index in [0.717, 1.165) is 7.11 Å². The molecule has 0 aromatic carbocycles. The van der Waals surface area contributed by atoms with Crippen LogP contribution in [0.3, 0.4) is 0 Å². The van der Waals surface area contributed by atoms with Crippen molar-refractivity contribution in [3.8, 4) is 0 Å². The molecule has 1 aliphatic rings. The third kappa shape index (κ3) is 3.34. The molecule has 0 spiro atoms. The molecule has 1 saturated heterocycles. The molecular formula is C11H18N5O6P. The number of imidazole rings is 1. The molecule has 3 heterocycles. The Morgan fingerprint density at radius 2 is 2.35 bits per heavy atom. The van der Waals surface area contributed by atoms with Crippen molar-refractivity contribution in [2.75, 3.05) is 19.5 Å². The molecule has 0 aliphatic carbocycles. The van der Waals surface area contributed by atoms with E-state index in [0.29, 0.717) is 18.5 Å². The number of nitrogens with zero attached hydrogens (tertiary/aromatic N) is 3. The summed E-state index contributed by atoms with van der Waals surface area (Å²) in [6.45, 7) is -0.00760. The van der Waals surface area contributed by atoms with E-state index in [1.807, 2.05) is 0 Å². The average Bonchev–Trinajstić information content (AvgIpc) is 3.11. The number of H-pyrrole nitrogens is 1. The summed E-state index contributed by atoms with van der Waals surface area (Å²) >= 11 is 0. The molecule has 128 valence electrons. The van der Waals surface area contributed by atoms with Gasteiger partial charge in [0.25, 0.3) is 0 Å². The molecule has 23 heavy (non-hydrogen) atoms. The molecule has 12 heteroatoms. The van der Waals surface area contributed by atoms with E-state index in [1.54, 1.807) is 4.57 Å². The molecule has 2 unspecified atom stereocenters. The van der Waals surface area contributed by atoms with Gasteiger partial charge in [0.2, 0.25) is 0 Å². The van der Waals surface area contributed by atoms with Gasteiger partial charge in [-0.15, -0.1) is 0 Å². The average molecular weight is 347 g/mol. The molecule has 2 aromatic heterocycles. The van der Waals surface area contributed by atoms with E-state index in [9.17, 15) is 14.6 Å². The summed E-state index contributed by atoms with van der Waals surface area (Å²) in [6, 6.07) is 0. The Bertz CT molecular complexity index is 761. The quantitative estimate of drug-likeness (QED) is 0.520. The molecule has 2 atom stereocenters. The number of nitrogens with two attached hydrogens (primary N) is 1. The molecule has 2 aromatic rings. The first-order chi connectivity index (χ1) is 10.9. The van der Waals surface area contributed by atoms with E-state index >= 15 is 0 Å². The first-order valence-corrected chi connectivity index (χ1v) is 8.62. The molecule has 11 nitrogen and oxygen atoms in total. The molecular weight excluding hydrogens is 329 g/mol. The summed E-state index contributed by atoms with van der Waals surface area (Å²) in [4.78, 5) is 41.0. The van der Waals surface area contributed by atoms with Crippen LogP contribution in [0.15, 0.2) is 11.1 Å². The zero-order valence-corrected chi connectivity index (χ0v) is 13.3. The zero-order chi connectivity index (χ0) is 16.6. The van der Waals surface area contributed by atoms with Gasteiger partial charge in [0.1, 0.15) is 0 Å². The van der Waals surface area contributed by atoms with Crippen LogP contribution < -0.4 is 11.3 Å². The second kappa shape index (κ2) is 6.11. The van der Waals surface area contributed by atoms with Crippen LogP contribution in [-0.2, 0) is 13.8 Å². The fraction of sp³-hybridized carbons (Fsp3) is 0.545. The predicted octanol–water partition coefficient (Wildman–Crippen LogP) is -0.563. The minimum atomic E-state index is -4.07. The molecule has 0 radical (unpaired) electrons. The zero-order valence-electron chi connectivity index (χ0n) is 12.3. The summed E-state index contributed by atoms with van der Waals surface area (Å²) in [5.41, 5.74) is 5.66. The van der Waals surface area contributed by atoms with Gasteiger partial charge in [-0.25, -0.2) is 0 Å². The molecule has 1 aliphatic heterocycles. The Morgan fingerprint density at radius 1 is 1.57 bits per heavy atom. The van der Waals surface area contributed by atoms with E-state index in [-0.39, 0.29) is 24.2 Å². The van der Waals surface area contributed by atoms with Gasteiger partial charge in [0, 0.05) is 0 Å². The summed E-state index contributed by atoms with van der Waals surface area (Å²) in [7, 11) is -2.90. The van der Waals surface area contributed by atoms with Crippen molar-refractivity contribution in [1.82, 2.24) is 19.5 Å². The number of rotatable bonds is 5. The Labute approximate surface area is 130 Å². The monoisotopic (exact) mass is 347 g/mol. The van der Waals surface area contributed by atoms with Crippen LogP contribution in [0.5, 0.6) is 0 Å². The fourth-order valence-electron chi connectivity index (χ4n) is 2.43. The van der Waals surface area contributed by atoms with Crippen LogP contribution >= 0.6 is 8.17 Å². The van der Waals surface area contributed by atoms with Crippen LogP contribution in [0.1, 0.15) is 19.1 Å². The van der Waals surface area contributed by atoms with E-state index in [4.69, 9.17) is 15.0 Å². The van der Waals surface area contributed by atoms with Gasteiger partial charge in [-0.3, -0.25) is 0 Å². The normalized spacial score (nSPS) is 22.7. The molecule has 5 N–H and O–H groups in total. The summed E-state index contributed by atoms with van der Waals surface area (Å²) in [6.07, 6.45) is 2.01. The summed E-state index contributed by atoms with van der Waals surface area (Å²) in [5, 5.41) is 0. The van der Waals surface area contributed by atoms with Gasteiger partial charge in [-0.1, -0.05) is 0 Å². The number of anilines is 1. The summed E-state index contributed by atoms with van der Waals surface area (Å²) in [5.74, 6) is -0.00132. The van der Waals surface area contributed by atoms with Crippen molar-refractivity contribution in [2.45, 2.75) is 25.2 Å². The van der Waals surface area contributed by atoms with Crippen molar-refractivity contribution < 1.29 is 23.6 Å². The number of nitrogens with one attached hydrogen (secondary N) is 1. The van der Waals surface area contributed by atoms with Crippen LogP contribution in [0.4, 0.5) is 5.95 Å². The van der Waals surface area contributed by atoms with E-state index < -0.39 is 20.0 Å². The van der Waals surface area contributed by atoms with Crippen LogP contribution in [0.25, 0.3) is 11.2 Å². The molecule has 0 amide bonds.